The molecule has 0 atom stereocenters. The number of rotatable bonds is 3. The highest BCUT2D eigenvalue weighted by Crippen LogP contribution is 2.33. The van der Waals surface area contributed by atoms with E-state index >= 15 is 0 Å². The van der Waals surface area contributed by atoms with Crippen LogP contribution in [0.25, 0.3) is 11.0 Å². The zero-order chi connectivity index (χ0) is 19.8. The minimum atomic E-state index is -0.00543. The predicted octanol–water partition coefficient (Wildman–Crippen LogP) is 3.20. The lowest BCUT2D eigenvalue weighted by Gasteiger charge is -2.32. The van der Waals surface area contributed by atoms with Crippen molar-refractivity contribution in [3.63, 3.8) is 0 Å². The van der Waals surface area contributed by atoms with Crippen molar-refractivity contribution in [3.05, 3.63) is 42.5 Å². The van der Waals surface area contributed by atoms with E-state index in [4.69, 9.17) is 14.5 Å². The second kappa shape index (κ2) is 7.31. The van der Waals surface area contributed by atoms with Gasteiger partial charge in [0.2, 0.25) is 11.9 Å². The molecule has 1 saturated heterocycles. The van der Waals surface area contributed by atoms with Crippen molar-refractivity contribution >= 4 is 28.6 Å². The Bertz CT molecular complexity index is 1050. The molecular formula is C22H24N4O3. The number of aryl methyl sites for hydroxylation is 1. The molecule has 5 rings (SSSR count). The molecule has 1 fully saturated rings. The molecule has 0 spiro atoms. The maximum atomic E-state index is 12.8. The van der Waals surface area contributed by atoms with Crippen LogP contribution in [0.15, 0.2) is 42.5 Å². The monoisotopic (exact) mass is 392 g/mol. The quantitative estimate of drug-likeness (QED) is 0.741. The molecule has 2 aromatic carbocycles. The SMILES string of the molecule is Cn1c(N2CCC(C(=O)Nc3ccc4c(c3)OCCO4)CC2)nc2ccccc21. The Kier molecular flexibility index (Phi) is 4.50. The number of ether oxygens (including phenoxy) is 2. The smallest absolute Gasteiger partial charge is 0.227 e. The Balaban J connectivity index is 1.23. The van der Waals surface area contributed by atoms with Gasteiger partial charge >= 0.3 is 0 Å². The number of carbonyl (C=O) groups is 1. The molecule has 7 heteroatoms. The molecule has 1 aromatic heterocycles. The van der Waals surface area contributed by atoms with Crippen molar-refractivity contribution in [2.45, 2.75) is 12.8 Å². The van der Waals surface area contributed by atoms with Gasteiger partial charge in [0.1, 0.15) is 13.2 Å². The summed E-state index contributed by atoms with van der Waals surface area (Å²) in [4.78, 5) is 19.8. The maximum absolute atomic E-state index is 12.8. The van der Waals surface area contributed by atoms with Crippen molar-refractivity contribution in [1.82, 2.24) is 9.55 Å². The number of para-hydroxylation sites is 2. The van der Waals surface area contributed by atoms with E-state index in [0.29, 0.717) is 19.0 Å². The molecule has 2 aliphatic rings. The van der Waals surface area contributed by atoms with Crippen LogP contribution in [0.4, 0.5) is 11.6 Å². The van der Waals surface area contributed by atoms with Gasteiger partial charge in [-0.1, -0.05) is 12.1 Å². The molecule has 2 aliphatic heterocycles. The standard InChI is InChI=1S/C22H24N4O3/c1-25-18-5-3-2-4-17(18)24-22(25)26-10-8-15(9-11-26)21(27)23-16-6-7-19-20(14-16)29-13-12-28-19/h2-7,14-15H,8-13H2,1H3,(H,23,27). The molecule has 3 heterocycles. The van der Waals surface area contributed by atoms with Gasteiger partial charge in [0.15, 0.2) is 11.5 Å². The van der Waals surface area contributed by atoms with E-state index in [1.54, 1.807) is 0 Å². The Morgan fingerprint density at radius 2 is 1.83 bits per heavy atom. The summed E-state index contributed by atoms with van der Waals surface area (Å²) in [5.41, 5.74) is 2.88. The molecular weight excluding hydrogens is 368 g/mol. The Morgan fingerprint density at radius 1 is 1.07 bits per heavy atom. The molecule has 150 valence electrons. The van der Waals surface area contributed by atoms with Gasteiger partial charge in [0, 0.05) is 37.8 Å². The lowest BCUT2D eigenvalue weighted by Crippen LogP contribution is -2.39. The first-order valence-corrected chi connectivity index (χ1v) is 10.1. The Labute approximate surface area is 169 Å². The van der Waals surface area contributed by atoms with E-state index < -0.39 is 0 Å². The molecule has 1 amide bonds. The number of benzene rings is 2. The fraction of sp³-hybridized carbons (Fsp3) is 0.364. The van der Waals surface area contributed by atoms with Gasteiger partial charge in [-0.15, -0.1) is 0 Å². The number of aromatic nitrogens is 2. The van der Waals surface area contributed by atoms with E-state index in [2.05, 4.69) is 20.9 Å². The fourth-order valence-electron chi connectivity index (χ4n) is 4.12. The fourth-order valence-corrected chi connectivity index (χ4v) is 4.12. The van der Waals surface area contributed by atoms with Gasteiger partial charge in [-0.3, -0.25) is 4.79 Å². The van der Waals surface area contributed by atoms with Crippen LogP contribution < -0.4 is 19.7 Å². The normalized spacial score (nSPS) is 16.8. The number of amides is 1. The number of fused-ring (bicyclic) bond motifs is 2. The van der Waals surface area contributed by atoms with Crippen molar-refractivity contribution in [2.75, 3.05) is 36.5 Å². The zero-order valence-electron chi connectivity index (χ0n) is 16.4. The molecule has 3 aromatic rings. The Hall–Kier alpha value is -3.22. The molecule has 0 unspecified atom stereocenters. The number of anilines is 2. The summed E-state index contributed by atoms with van der Waals surface area (Å²) in [6.07, 6.45) is 1.61. The third-order valence-corrected chi connectivity index (χ3v) is 5.72. The van der Waals surface area contributed by atoms with Crippen LogP contribution >= 0.6 is 0 Å². The number of piperidine rings is 1. The topological polar surface area (TPSA) is 68.6 Å². The first kappa shape index (κ1) is 17.8. The lowest BCUT2D eigenvalue weighted by molar-refractivity contribution is -0.120. The van der Waals surface area contributed by atoms with E-state index in [-0.39, 0.29) is 11.8 Å². The summed E-state index contributed by atoms with van der Waals surface area (Å²) in [6, 6.07) is 13.7. The second-order valence-corrected chi connectivity index (χ2v) is 7.57. The molecule has 0 bridgehead atoms. The predicted molar refractivity (Wildman–Crippen MR) is 112 cm³/mol. The molecule has 29 heavy (non-hydrogen) atoms. The first-order chi connectivity index (χ1) is 14.2. The van der Waals surface area contributed by atoms with Crippen LogP contribution in [-0.2, 0) is 11.8 Å². The molecule has 0 radical (unpaired) electrons. The van der Waals surface area contributed by atoms with Crippen molar-refractivity contribution in [1.29, 1.82) is 0 Å². The van der Waals surface area contributed by atoms with Gasteiger partial charge in [0.05, 0.1) is 11.0 Å². The highest BCUT2D eigenvalue weighted by atomic mass is 16.6. The third kappa shape index (κ3) is 3.37. The highest BCUT2D eigenvalue weighted by molar-refractivity contribution is 5.93. The summed E-state index contributed by atoms with van der Waals surface area (Å²) in [6.45, 7) is 2.72. The van der Waals surface area contributed by atoms with Crippen molar-refractivity contribution < 1.29 is 14.3 Å². The van der Waals surface area contributed by atoms with Crippen molar-refractivity contribution in [2.24, 2.45) is 13.0 Å². The van der Waals surface area contributed by atoms with Crippen molar-refractivity contribution in [3.8, 4) is 11.5 Å². The minimum absolute atomic E-state index is 0.00543. The van der Waals surface area contributed by atoms with Crippen LogP contribution in [0.1, 0.15) is 12.8 Å². The maximum Gasteiger partial charge on any atom is 0.227 e. The average Bonchev–Trinajstić information content (AvgIpc) is 3.10. The largest absolute Gasteiger partial charge is 0.486 e. The number of nitrogens with zero attached hydrogens (tertiary/aromatic N) is 3. The Morgan fingerprint density at radius 3 is 2.62 bits per heavy atom. The van der Waals surface area contributed by atoms with Gasteiger partial charge in [0.25, 0.3) is 0 Å². The van der Waals surface area contributed by atoms with Crippen LogP contribution in [0, 0.1) is 5.92 Å². The number of carbonyl (C=O) groups excluding carboxylic acids is 1. The minimum Gasteiger partial charge on any atom is -0.486 e. The second-order valence-electron chi connectivity index (χ2n) is 7.57. The van der Waals surface area contributed by atoms with E-state index in [0.717, 1.165) is 54.3 Å². The number of hydrogen-bond donors (Lipinski definition) is 1. The summed E-state index contributed by atoms with van der Waals surface area (Å²) in [5, 5.41) is 3.04. The lowest BCUT2D eigenvalue weighted by atomic mass is 9.96. The number of hydrogen-bond acceptors (Lipinski definition) is 5. The number of nitrogens with one attached hydrogen (secondary N) is 1. The van der Waals surface area contributed by atoms with E-state index in [9.17, 15) is 4.79 Å². The van der Waals surface area contributed by atoms with Crippen LogP contribution in [0.2, 0.25) is 0 Å². The summed E-state index contributed by atoms with van der Waals surface area (Å²) in [7, 11) is 2.05. The van der Waals surface area contributed by atoms with Gasteiger partial charge in [-0.25, -0.2) is 4.98 Å². The van der Waals surface area contributed by atoms with E-state index in [1.807, 2.05) is 43.4 Å². The molecule has 0 aliphatic carbocycles. The van der Waals surface area contributed by atoms with Crippen LogP contribution in [0.5, 0.6) is 11.5 Å². The summed E-state index contributed by atoms with van der Waals surface area (Å²) < 4.78 is 13.3. The summed E-state index contributed by atoms with van der Waals surface area (Å²) >= 11 is 0. The molecule has 1 N–H and O–H groups in total. The zero-order valence-corrected chi connectivity index (χ0v) is 16.4. The van der Waals surface area contributed by atoms with Crippen LogP contribution in [0.3, 0.4) is 0 Å². The summed E-state index contributed by atoms with van der Waals surface area (Å²) in [5.74, 6) is 2.44. The highest BCUT2D eigenvalue weighted by Gasteiger charge is 2.27. The third-order valence-electron chi connectivity index (χ3n) is 5.72. The number of imidazole rings is 1. The molecule has 7 nitrogen and oxygen atoms in total. The van der Waals surface area contributed by atoms with Gasteiger partial charge in [-0.05, 0) is 37.1 Å². The van der Waals surface area contributed by atoms with Gasteiger partial charge in [-0.2, -0.15) is 0 Å². The van der Waals surface area contributed by atoms with Gasteiger partial charge < -0.3 is 24.3 Å². The average molecular weight is 392 g/mol. The van der Waals surface area contributed by atoms with Crippen LogP contribution in [-0.4, -0.2) is 41.8 Å². The molecule has 0 saturated carbocycles. The first-order valence-electron chi connectivity index (χ1n) is 10.1. The van der Waals surface area contributed by atoms with E-state index in [1.165, 1.54) is 0 Å².